The quantitative estimate of drug-likeness (QED) is 0.584. The second-order valence-corrected chi connectivity index (χ2v) is 1.24. The van der Waals surface area contributed by atoms with Gasteiger partial charge in [-0.3, -0.25) is 9.59 Å². The van der Waals surface area contributed by atoms with E-state index < -0.39 is 0 Å². The van der Waals surface area contributed by atoms with Crippen LogP contribution in [0.2, 0.25) is 0 Å². The van der Waals surface area contributed by atoms with E-state index in [1.807, 2.05) is 0 Å². The summed E-state index contributed by atoms with van der Waals surface area (Å²) in [6, 6.07) is 0. The molecule has 0 aromatic rings. The van der Waals surface area contributed by atoms with Gasteiger partial charge in [0, 0.05) is 7.11 Å². The van der Waals surface area contributed by atoms with Crippen molar-refractivity contribution >= 4 is 12.3 Å². The van der Waals surface area contributed by atoms with E-state index >= 15 is 0 Å². The van der Waals surface area contributed by atoms with Crippen molar-refractivity contribution in [1.29, 1.82) is 0 Å². The van der Waals surface area contributed by atoms with Gasteiger partial charge in [-0.2, -0.15) is 0 Å². The number of carbonyl (C=O) groups is 2. The summed E-state index contributed by atoms with van der Waals surface area (Å²) in [4.78, 5) is 18.3. The molecule has 4 nitrogen and oxygen atoms in total. The lowest BCUT2D eigenvalue weighted by Gasteiger charge is -1.84. The first-order valence-electron chi connectivity index (χ1n) is 2.25. The van der Waals surface area contributed by atoms with E-state index in [0.29, 0.717) is 0 Å². The smallest absolute Gasteiger partial charge is 0.290 e. The van der Waals surface area contributed by atoms with Crippen LogP contribution in [0.1, 0.15) is 14.4 Å². The minimum Gasteiger partial charge on any atom is -0.483 e. The summed E-state index contributed by atoms with van der Waals surface area (Å²) in [6.45, 7) is 1.48. The van der Waals surface area contributed by atoms with Gasteiger partial charge in [0.25, 0.3) is 6.47 Å². The molecule has 0 rings (SSSR count). The summed E-state index contributed by atoms with van der Waals surface area (Å²) in [5, 5.41) is 6.89. The van der Waals surface area contributed by atoms with Crippen LogP contribution in [0, 0.1) is 0 Å². The normalized spacial score (nSPS) is 6.20. The molecule has 0 saturated heterocycles. The van der Waals surface area contributed by atoms with Gasteiger partial charge in [0.05, 0.1) is 0 Å². The zero-order valence-corrected chi connectivity index (χ0v) is 5.46. The molecule has 0 bridgehead atoms. The lowest BCUT2D eigenvalue weighted by molar-refractivity contribution is -0.123. The molecular formula is C6H14O4. The lowest BCUT2D eigenvalue weighted by Crippen LogP contribution is -1.98. The lowest BCUT2D eigenvalue weighted by atomic mass is 10.5. The molecule has 0 radical (unpaired) electrons. The van der Waals surface area contributed by atoms with Crippen LogP contribution >= 0.6 is 0 Å². The number of Topliss-reactive ketones (excluding diaryl/α,β-unsaturated/α-hetero) is 1. The number of carboxylic acid groups (broad SMARTS) is 1. The second kappa shape index (κ2) is 15.7. The Morgan fingerprint density at radius 2 is 2.00 bits per heavy atom. The van der Waals surface area contributed by atoms with Crippen LogP contribution in [0.3, 0.4) is 0 Å². The van der Waals surface area contributed by atoms with Crippen LogP contribution in [-0.4, -0.2) is 31.1 Å². The highest BCUT2D eigenvalue weighted by Gasteiger charge is 1.83. The fourth-order valence-electron chi connectivity index (χ4n) is 0.203. The summed E-state index contributed by atoms with van der Waals surface area (Å²) >= 11 is 0. The Kier molecular flexibility index (Phi) is 25.2. The maximum Gasteiger partial charge on any atom is 0.290 e. The third-order valence-corrected chi connectivity index (χ3v) is 0.348. The Bertz CT molecular complexity index is 79.8. The molecule has 0 amide bonds. The van der Waals surface area contributed by atoms with Gasteiger partial charge >= 0.3 is 0 Å². The molecule has 10 heavy (non-hydrogen) atoms. The van der Waals surface area contributed by atoms with Crippen LogP contribution in [0.4, 0.5) is 0 Å². The van der Waals surface area contributed by atoms with Crippen molar-refractivity contribution in [2.75, 3.05) is 13.7 Å². The Balaban J connectivity index is -0.000000107. The number of carbonyl (C=O) groups excluding carboxylic acids is 1. The first kappa shape index (κ1) is 16.0. The molecule has 0 heterocycles. The van der Waals surface area contributed by atoms with Crippen molar-refractivity contribution in [2.45, 2.75) is 14.4 Å². The Hall–Kier alpha value is -0.900. The van der Waals surface area contributed by atoms with E-state index in [1.165, 1.54) is 14.0 Å². The largest absolute Gasteiger partial charge is 0.483 e. The van der Waals surface area contributed by atoms with E-state index in [1.54, 1.807) is 0 Å². The molecule has 4 heteroatoms. The molecule has 1 N–H and O–H groups in total. The van der Waals surface area contributed by atoms with E-state index in [2.05, 4.69) is 4.74 Å². The highest BCUT2D eigenvalue weighted by atomic mass is 16.5. The van der Waals surface area contributed by atoms with Crippen LogP contribution in [-0.2, 0) is 14.3 Å². The molecule has 0 atom stereocenters. The summed E-state index contributed by atoms with van der Waals surface area (Å²) < 4.78 is 4.45. The molecule has 0 aliphatic heterocycles. The molecule has 0 aromatic heterocycles. The fourth-order valence-corrected chi connectivity index (χ4v) is 0.203. The molecule has 0 unspecified atom stereocenters. The molecular weight excluding hydrogens is 136 g/mol. The van der Waals surface area contributed by atoms with Gasteiger partial charge in [-0.1, -0.05) is 7.43 Å². The maximum absolute atomic E-state index is 9.92. The first-order valence-corrected chi connectivity index (χ1v) is 2.25. The van der Waals surface area contributed by atoms with Crippen LogP contribution in [0.15, 0.2) is 0 Å². The van der Waals surface area contributed by atoms with Crippen LogP contribution in [0.25, 0.3) is 0 Å². The zero-order chi connectivity index (χ0) is 7.70. The van der Waals surface area contributed by atoms with Gasteiger partial charge in [-0.15, -0.1) is 0 Å². The van der Waals surface area contributed by atoms with Crippen molar-refractivity contribution in [3.8, 4) is 0 Å². The topological polar surface area (TPSA) is 63.6 Å². The van der Waals surface area contributed by atoms with E-state index in [-0.39, 0.29) is 26.3 Å². The summed E-state index contributed by atoms with van der Waals surface area (Å²) in [7, 11) is 1.50. The Morgan fingerprint density at radius 1 is 1.70 bits per heavy atom. The van der Waals surface area contributed by atoms with Crippen molar-refractivity contribution in [3.63, 3.8) is 0 Å². The van der Waals surface area contributed by atoms with Gasteiger partial charge < -0.3 is 9.84 Å². The number of hydrogen-bond acceptors (Lipinski definition) is 3. The second-order valence-electron chi connectivity index (χ2n) is 1.24. The van der Waals surface area contributed by atoms with Crippen molar-refractivity contribution in [1.82, 2.24) is 0 Å². The monoisotopic (exact) mass is 150 g/mol. The Morgan fingerprint density at radius 3 is 2.00 bits per heavy atom. The molecule has 62 valence electrons. The average Bonchev–Trinajstić information content (AvgIpc) is 1.67. The molecule has 0 aliphatic carbocycles. The molecule has 0 aromatic carbocycles. The van der Waals surface area contributed by atoms with E-state index in [9.17, 15) is 4.79 Å². The van der Waals surface area contributed by atoms with Crippen molar-refractivity contribution in [3.05, 3.63) is 0 Å². The van der Waals surface area contributed by atoms with Gasteiger partial charge in [-0.05, 0) is 6.92 Å². The summed E-state index contributed by atoms with van der Waals surface area (Å²) in [5.74, 6) is 0.0671. The minimum absolute atomic E-state index is 0. The third kappa shape index (κ3) is 59.9. The number of methoxy groups -OCH3 is 1. The molecule has 0 spiro atoms. The first-order chi connectivity index (χ1) is 4.18. The highest BCUT2D eigenvalue weighted by molar-refractivity contribution is 5.76. The summed E-state index contributed by atoms with van der Waals surface area (Å²) in [5.41, 5.74) is 0. The standard InChI is InChI=1S/C4H8O2.CH2O2.CH4/c1-4(5)3-6-2;2-1-3;/h3H2,1-2H3;1H,(H,2,3);1H4. The number of ketones is 1. The molecule has 0 fully saturated rings. The Labute approximate surface area is 60.8 Å². The highest BCUT2D eigenvalue weighted by Crippen LogP contribution is 1.65. The number of rotatable bonds is 2. The molecule has 0 aliphatic rings. The van der Waals surface area contributed by atoms with Crippen LogP contribution in [0.5, 0.6) is 0 Å². The number of ether oxygens (including phenoxy) is 1. The van der Waals surface area contributed by atoms with Crippen molar-refractivity contribution in [2.24, 2.45) is 0 Å². The average molecular weight is 150 g/mol. The SMILES string of the molecule is C.COCC(C)=O.O=CO. The van der Waals surface area contributed by atoms with Crippen LogP contribution < -0.4 is 0 Å². The fraction of sp³-hybridized carbons (Fsp3) is 0.667. The summed E-state index contributed by atoms with van der Waals surface area (Å²) in [6.07, 6.45) is 0. The zero-order valence-electron chi connectivity index (χ0n) is 5.46. The van der Waals surface area contributed by atoms with E-state index in [4.69, 9.17) is 9.90 Å². The molecule has 0 saturated carbocycles. The van der Waals surface area contributed by atoms with Gasteiger partial charge in [0.15, 0.2) is 5.78 Å². The minimum atomic E-state index is -0.250. The number of hydrogen-bond donors (Lipinski definition) is 1. The van der Waals surface area contributed by atoms with E-state index in [0.717, 1.165) is 0 Å². The van der Waals surface area contributed by atoms with Gasteiger partial charge in [0.2, 0.25) is 0 Å². The maximum atomic E-state index is 9.92. The predicted molar refractivity (Wildman–Crippen MR) is 38.0 cm³/mol. The van der Waals surface area contributed by atoms with Crippen molar-refractivity contribution < 1.29 is 19.4 Å². The third-order valence-electron chi connectivity index (χ3n) is 0.348. The van der Waals surface area contributed by atoms with Gasteiger partial charge in [0.1, 0.15) is 6.61 Å². The predicted octanol–water partition coefficient (Wildman–Crippen LogP) is 0.559. The van der Waals surface area contributed by atoms with Gasteiger partial charge in [-0.25, -0.2) is 0 Å².